The van der Waals surface area contributed by atoms with Crippen molar-refractivity contribution in [2.45, 2.75) is 70.9 Å². The molecule has 3 rings (SSSR count). The van der Waals surface area contributed by atoms with Gasteiger partial charge >= 0.3 is 0 Å². The van der Waals surface area contributed by atoms with Crippen LogP contribution in [0.15, 0.2) is 0 Å². The summed E-state index contributed by atoms with van der Waals surface area (Å²) in [6, 6.07) is 0.0579. The first-order valence-electron chi connectivity index (χ1n) is 9.81. The monoisotopic (exact) mass is 349 g/mol. The summed E-state index contributed by atoms with van der Waals surface area (Å²) in [6.07, 6.45) is 6.42. The maximum atomic E-state index is 12.4. The Balaban J connectivity index is 1.44. The van der Waals surface area contributed by atoms with E-state index < -0.39 is 0 Å². The van der Waals surface area contributed by atoms with Crippen molar-refractivity contribution in [3.63, 3.8) is 0 Å². The van der Waals surface area contributed by atoms with E-state index in [1.807, 2.05) is 23.6 Å². The smallest absolute Gasteiger partial charge is 0.225 e. The highest BCUT2D eigenvalue weighted by Crippen LogP contribution is 2.26. The molecule has 2 saturated heterocycles. The normalized spacial score (nSPS) is 25.4. The summed E-state index contributed by atoms with van der Waals surface area (Å²) in [5.74, 6) is 0.904. The average molecular weight is 349 g/mol. The molecule has 1 unspecified atom stereocenters. The van der Waals surface area contributed by atoms with E-state index in [0.29, 0.717) is 38.4 Å². The Morgan fingerprint density at radius 3 is 2.44 bits per heavy atom. The van der Waals surface area contributed by atoms with Crippen LogP contribution in [0.2, 0.25) is 0 Å². The van der Waals surface area contributed by atoms with E-state index in [4.69, 9.17) is 0 Å². The highest BCUT2D eigenvalue weighted by atomic mass is 16.2. The lowest BCUT2D eigenvalue weighted by atomic mass is 9.88. The number of carbonyl (C=O) groups is 3. The Bertz CT molecular complexity index is 522. The third-order valence-electron chi connectivity index (χ3n) is 5.72. The van der Waals surface area contributed by atoms with Crippen LogP contribution >= 0.6 is 0 Å². The van der Waals surface area contributed by atoms with E-state index >= 15 is 0 Å². The van der Waals surface area contributed by atoms with Crippen LogP contribution in [-0.4, -0.2) is 59.2 Å². The van der Waals surface area contributed by atoms with E-state index in [-0.39, 0.29) is 35.7 Å². The second-order valence-corrected chi connectivity index (χ2v) is 8.34. The highest BCUT2D eigenvalue weighted by Gasteiger charge is 2.42. The standard InChI is InChI=1S/C19H31N3O3/c1-13(2)8-17(23)21-11-16(12-21)22-10-15(9-18(22)24)20-19(25)14-6-4-3-5-7-14/h13-16H,3-12H2,1-2H3,(H,20,25). The lowest BCUT2D eigenvalue weighted by molar-refractivity contribution is -0.144. The van der Waals surface area contributed by atoms with Gasteiger partial charge in [-0.2, -0.15) is 0 Å². The molecule has 1 aliphatic carbocycles. The molecule has 0 bridgehead atoms. The third-order valence-corrected chi connectivity index (χ3v) is 5.72. The zero-order valence-corrected chi connectivity index (χ0v) is 15.5. The summed E-state index contributed by atoms with van der Waals surface area (Å²) in [6.45, 7) is 5.95. The van der Waals surface area contributed by atoms with Crippen molar-refractivity contribution in [1.29, 1.82) is 0 Å². The SMILES string of the molecule is CC(C)CC(=O)N1CC(N2CC(NC(=O)C3CCCCC3)CC2=O)C1. The first-order chi connectivity index (χ1) is 11.9. The molecule has 0 spiro atoms. The van der Waals surface area contributed by atoms with Gasteiger partial charge in [0.25, 0.3) is 0 Å². The fraction of sp³-hybridized carbons (Fsp3) is 0.842. The second kappa shape index (κ2) is 7.75. The van der Waals surface area contributed by atoms with E-state index in [9.17, 15) is 14.4 Å². The molecule has 25 heavy (non-hydrogen) atoms. The number of hydrogen-bond donors (Lipinski definition) is 1. The Morgan fingerprint density at radius 1 is 1.12 bits per heavy atom. The molecule has 3 aliphatic rings. The van der Waals surface area contributed by atoms with Gasteiger partial charge in [0.15, 0.2) is 0 Å². The fourth-order valence-electron chi connectivity index (χ4n) is 4.20. The molecule has 6 nitrogen and oxygen atoms in total. The van der Waals surface area contributed by atoms with E-state index in [2.05, 4.69) is 5.32 Å². The molecule has 0 aromatic rings. The Labute approximate surface area is 150 Å². The van der Waals surface area contributed by atoms with Crippen LogP contribution in [0, 0.1) is 11.8 Å². The number of nitrogens with one attached hydrogen (secondary N) is 1. The van der Waals surface area contributed by atoms with Gasteiger partial charge in [0, 0.05) is 38.4 Å². The van der Waals surface area contributed by atoms with Gasteiger partial charge in [-0.05, 0) is 18.8 Å². The molecular weight excluding hydrogens is 318 g/mol. The largest absolute Gasteiger partial charge is 0.351 e. The average Bonchev–Trinajstić information content (AvgIpc) is 2.86. The Hall–Kier alpha value is -1.59. The molecule has 0 aromatic carbocycles. The first kappa shape index (κ1) is 18.2. The van der Waals surface area contributed by atoms with Crippen molar-refractivity contribution in [2.24, 2.45) is 11.8 Å². The summed E-state index contributed by atoms with van der Waals surface area (Å²) in [4.78, 5) is 40.4. The highest BCUT2D eigenvalue weighted by molar-refractivity contribution is 5.84. The zero-order valence-electron chi connectivity index (χ0n) is 15.5. The molecule has 0 radical (unpaired) electrons. The predicted molar refractivity (Wildman–Crippen MR) is 94.7 cm³/mol. The minimum atomic E-state index is -0.0673. The molecule has 3 fully saturated rings. The van der Waals surface area contributed by atoms with Crippen molar-refractivity contribution < 1.29 is 14.4 Å². The Morgan fingerprint density at radius 2 is 1.80 bits per heavy atom. The molecule has 3 amide bonds. The molecule has 0 aromatic heterocycles. The van der Waals surface area contributed by atoms with Gasteiger partial charge in [-0.25, -0.2) is 0 Å². The summed E-state index contributed by atoms with van der Waals surface area (Å²) < 4.78 is 0. The van der Waals surface area contributed by atoms with Crippen molar-refractivity contribution >= 4 is 17.7 Å². The number of likely N-dealkylation sites (tertiary alicyclic amines) is 2. The van der Waals surface area contributed by atoms with Crippen molar-refractivity contribution in [3.8, 4) is 0 Å². The third kappa shape index (κ3) is 4.33. The second-order valence-electron chi connectivity index (χ2n) is 8.34. The van der Waals surface area contributed by atoms with E-state index in [1.54, 1.807) is 0 Å². The van der Waals surface area contributed by atoms with Gasteiger partial charge in [0.05, 0.1) is 12.1 Å². The number of rotatable bonds is 5. The molecule has 1 N–H and O–H groups in total. The minimum absolute atomic E-state index is 0.0673. The summed E-state index contributed by atoms with van der Waals surface area (Å²) >= 11 is 0. The molecule has 1 atom stereocenters. The lowest BCUT2D eigenvalue weighted by Crippen LogP contribution is -2.61. The van der Waals surface area contributed by atoms with Crippen molar-refractivity contribution in [1.82, 2.24) is 15.1 Å². The summed E-state index contributed by atoms with van der Waals surface area (Å²) in [5.41, 5.74) is 0. The Kier molecular flexibility index (Phi) is 5.64. The van der Waals surface area contributed by atoms with Crippen LogP contribution in [0.1, 0.15) is 58.8 Å². The van der Waals surface area contributed by atoms with Crippen molar-refractivity contribution in [3.05, 3.63) is 0 Å². The molecule has 2 heterocycles. The lowest BCUT2D eigenvalue weighted by Gasteiger charge is -2.44. The topological polar surface area (TPSA) is 69.7 Å². The molecule has 1 saturated carbocycles. The van der Waals surface area contributed by atoms with Gasteiger partial charge in [-0.3, -0.25) is 14.4 Å². The van der Waals surface area contributed by atoms with Crippen LogP contribution in [0.3, 0.4) is 0 Å². The number of carbonyl (C=O) groups excluding carboxylic acids is 3. The quantitative estimate of drug-likeness (QED) is 0.818. The fourth-order valence-corrected chi connectivity index (χ4v) is 4.20. The zero-order chi connectivity index (χ0) is 18.0. The van der Waals surface area contributed by atoms with Crippen LogP contribution in [0.25, 0.3) is 0 Å². The van der Waals surface area contributed by atoms with Crippen LogP contribution in [0.4, 0.5) is 0 Å². The molecule has 140 valence electrons. The minimum Gasteiger partial charge on any atom is -0.351 e. The maximum absolute atomic E-state index is 12.4. The molecular formula is C19H31N3O3. The molecule has 2 aliphatic heterocycles. The van der Waals surface area contributed by atoms with Gasteiger partial charge in [0.2, 0.25) is 17.7 Å². The van der Waals surface area contributed by atoms with Gasteiger partial charge in [0.1, 0.15) is 0 Å². The summed E-state index contributed by atoms with van der Waals surface area (Å²) in [5, 5.41) is 3.09. The van der Waals surface area contributed by atoms with Crippen molar-refractivity contribution in [2.75, 3.05) is 19.6 Å². The van der Waals surface area contributed by atoms with E-state index in [1.165, 1.54) is 6.42 Å². The van der Waals surface area contributed by atoms with Crippen LogP contribution < -0.4 is 5.32 Å². The van der Waals surface area contributed by atoms with Gasteiger partial charge in [-0.1, -0.05) is 33.1 Å². The van der Waals surface area contributed by atoms with Gasteiger partial charge < -0.3 is 15.1 Å². The number of hydrogen-bond acceptors (Lipinski definition) is 3. The van der Waals surface area contributed by atoms with Gasteiger partial charge in [-0.15, -0.1) is 0 Å². The van der Waals surface area contributed by atoms with Crippen LogP contribution in [-0.2, 0) is 14.4 Å². The van der Waals surface area contributed by atoms with Crippen LogP contribution in [0.5, 0.6) is 0 Å². The predicted octanol–water partition coefficient (Wildman–Crippen LogP) is 1.54. The number of amides is 3. The van der Waals surface area contributed by atoms with E-state index in [0.717, 1.165) is 25.7 Å². The first-order valence-corrected chi connectivity index (χ1v) is 9.81. The molecule has 6 heteroatoms. The number of nitrogens with zero attached hydrogens (tertiary/aromatic N) is 2. The maximum Gasteiger partial charge on any atom is 0.225 e. The summed E-state index contributed by atoms with van der Waals surface area (Å²) in [7, 11) is 0.